The molecule has 0 aromatic carbocycles. The summed E-state index contributed by atoms with van der Waals surface area (Å²) in [7, 11) is 0. The number of hydrogen-bond donors (Lipinski definition) is 3. The van der Waals surface area contributed by atoms with Gasteiger partial charge in [-0.3, -0.25) is 19.7 Å². The standard InChI is InChI=1S/C28H23FN8O2S/c1-13(38)18-5-6-19(40-18)16-7-8-31-25-22(16)34-26(35-25)23-20-21(29)17(12-32-24(20)37-36-23)14-9-15(11-30-10-14)33-27(39)28(2,3)4/h5-12H,1-4H3,(H,33,39)(H,31,34,35)(H,32,36,37). The highest BCUT2D eigenvalue weighted by Gasteiger charge is 2.23. The molecule has 10 nitrogen and oxygen atoms in total. The zero-order valence-corrected chi connectivity index (χ0v) is 22.8. The maximum absolute atomic E-state index is 16.1. The number of aromatic amines is 2. The van der Waals surface area contributed by atoms with Gasteiger partial charge in [0, 0.05) is 45.6 Å². The van der Waals surface area contributed by atoms with Crippen molar-refractivity contribution in [3.05, 3.63) is 59.7 Å². The molecule has 0 atom stereocenters. The second kappa shape index (κ2) is 9.42. The third-order valence-electron chi connectivity index (χ3n) is 6.35. The molecular formula is C28H23FN8O2S. The Morgan fingerprint density at radius 3 is 2.60 bits per heavy atom. The number of aromatic nitrogens is 7. The Bertz CT molecular complexity index is 1950. The molecule has 0 fully saturated rings. The van der Waals surface area contributed by atoms with Crippen molar-refractivity contribution in [3.8, 4) is 33.1 Å². The average molecular weight is 555 g/mol. The summed E-state index contributed by atoms with van der Waals surface area (Å²) in [5, 5.41) is 10.0. The van der Waals surface area contributed by atoms with Crippen molar-refractivity contribution in [1.29, 1.82) is 0 Å². The molecule has 0 bridgehead atoms. The fourth-order valence-electron chi connectivity index (χ4n) is 4.20. The first-order valence-electron chi connectivity index (χ1n) is 12.4. The third-order valence-corrected chi connectivity index (χ3v) is 7.57. The Kier molecular flexibility index (Phi) is 5.99. The number of hydrogen-bond acceptors (Lipinski definition) is 8. The fraction of sp³-hybridized carbons (Fsp3) is 0.179. The van der Waals surface area contributed by atoms with E-state index < -0.39 is 11.2 Å². The summed E-state index contributed by atoms with van der Waals surface area (Å²) in [6.07, 6.45) is 6.04. The predicted molar refractivity (Wildman–Crippen MR) is 151 cm³/mol. The summed E-state index contributed by atoms with van der Waals surface area (Å²) >= 11 is 1.38. The maximum atomic E-state index is 16.1. The van der Waals surface area contributed by atoms with Crippen molar-refractivity contribution >= 4 is 50.9 Å². The lowest BCUT2D eigenvalue weighted by Crippen LogP contribution is -2.27. The van der Waals surface area contributed by atoms with Crippen LogP contribution < -0.4 is 5.32 Å². The highest BCUT2D eigenvalue weighted by atomic mass is 32.1. The van der Waals surface area contributed by atoms with Crippen molar-refractivity contribution in [2.75, 3.05) is 5.32 Å². The molecule has 12 heteroatoms. The number of H-pyrrole nitrogens is 2. The Morgan fingerprint density at radius 2 is 1.85 bits per heavy atom. The van der Waals surface area contributed by atoms with Crippen LogP contribution in [0.2, 0.25) is 0 Å². The molecule has 6 aromatic rings. The molecule has 6 rings (SSSR count). The average Bonchev–Trinajstić information content (AvgIpc) is 3.66. The van der Waals surface area contributed by atoms with E-state index in [4.69, 9.17) is 0 Å². The van der Waals surface area contributed by atoms with Crippen molar-refractivity contribution < 1.29 is 14.0 Å². The van der Waals surface area contributed by atoms with Crippen LogP contribution in [0, 0.1) is 11.2 Å². The molecule has 0 spiro atoms. The minimum Gasteiger partial charge on any atom is -0.335 e. The van der Waals surface area contributed by atoms with Gasteiger partial charge in [-0.15, -0.1) is 11.3 Å². The molecular weight excluding hydrogens is 531 g/mol. The van der Waals surface area contributed by atoms with Gasteiger partial charge >= 0.3 is 0 Å². The molecule has 0 aliphatic heterocycles. The van der Waals surface area contributed by atoms with E-state index in [0.717, 1.165) is 10.4 Å². The van der Waals surface area contributed by atoms with E-state index in [2.05, 4.69) is 40.4 Å². The second-order valence-electron chi connectivity index (χ2n) is 10.3. The van der Waals surface area contributed by atoms with Crippen LogP contribution in [0.4, 0.5) is 10.1 Å². The van der Waals surface area contributed by atoms with Gasteiger partial charge in [0.2, 0.25) is 5.91 Å². The van der Waals surface area contributed by atoms with Crippen LogP contribution in [0.5, 0.6) is 0 Å². The van der Waals surface area contributed by atoms with E-state index in [1.807, 2.05) is 12.1 Å². The van der Waals surface area contributed by atoms with E-state index in [1.165, 1.54) is 36.9 Å². The van der Waals surface area contributed by atoms with Gasteiger partial charge in [0.1, 0.15) is 11.5 Å². The van der Waals surface area contributed by atoms with Gasteiger partial charge in [0.05, 0.1) is 27.7 Å². The Morgan fingerprint density at radius 1 is 1.02 bits per heavy atom. The summed E-state index contributed by atoms with van der Waals surface area (Å²) in [6, 6.07) is 7.15. The lowest BCUT2D eigenvalue weighted by atomic mass is 9.95. The first-order valence-corrected chi connectivity index (χ1v) is 13.2. The monoisotopic (exact) mass is 554 g/mol. The number of thiophene rings is 1. The topological polar surface area (TPSA) is 142 Å². The molecule has 1 amide bonds. The molecule has 0 saturated heterocycles. The molecule has 0 saturated carbocycles. The zero-order valence-electron chi connectivity index (χ0n) is 22.0. The summed E-state index contributed by atoms with van der Waals surface area (Å²) in [4.78, 5) is 46.5. The van der Waals surface area contributed by atoms with Crippen LogP contribution in [0.15, 0.2) is 49.1 Å². The van der Waals surface area contributed by atoms with Gasteiger partial charge in [-0.05, 0) is 31.2 Å². The lowest BCUT2D eigenvalue weighted by molar-refractivity contribution is -0.123. The number of pyridine rings is 3. The fourth-order valence-corrected chi connectivity index (χ4v) is 5.14. The zero-order chi connectivity index (χ0) is 28.2. The molecule has 40 heavy (non-hydrogen) atoms. The first-order chi connectivity index (χ1) is 19.1. The first kappa shape index (κ1) is 25.4. The highest BCUT2D eigenvalue weighted by molar-refractivity contribution is 7.17. The predicted octanol–water partition coefficient (Wildman–Crippen LogP) is 6.01. The van der Waals surface area contributed by atoms with Gasteiger partial charge in [-0.1, -0.05) is 20.8 Å². The van der Waals surface area contributed by atoms with Crippen LogP contribution in [0.1, 0.15) is 37.4 Å². The quantitative estimate of drug-likeness (QED) is 0.221. The summed E-state index contributed by atoms with van der Waals surface area (Å²) in [5.74, 6) is -0.418. The van der Waals surface area contributed by atoms with Crippen LogP contribution in [0.25, 0.3) is 55.3 Å². The lowest BCUT2D eigenvalue weighted by Gasteiger charge is -2.17. The largest absolute Gasteiger partial charge is 0.335 e. The van der Waals surface area contributed by atoms with Crippen LogP contribution >= 0.6 is 11.3 Å². The number of amides is 1. The van der Waals surface area contributed by atoms with Crippen LogP contribution in [0.3, 0.4) is 0 Å². The number of rotatable bonds is 5. The minimum atomic E-state index is -0.603. The Labute approximate surface area is 231 Å². The molecule has 6 aromatic heterocycles. The van der Waals surface area contributed by atoms with E-state index in [9.17, 15) is 9.59 Å². The molecule has 0 aliphatic rings. The van der Waals surface area contributed by atoms with Crippen molar-refractivity contribution in [2.45, 2.75) is 27.7 Å². The molecule has 0 aliphatic carbocycles. The Balaban J connectivity index is 1.43. The number of nitrogens with one attached hydrogen (secondary N) is 3. The van der Waals surface area contributed by atoms with Crippen LogP contribution in [-0.4, -0.2) is 46.8 Å². The molecule has 0 radical (unpaired) electrons. The van der Waals surface area contributed by atoms with Gasteiger partial charge in [-0.25, -0.2) is 19.3 Å². The molecule has 3 N–H and O–H groups in total. The van der Waals surface area contributed by atoms with Gasteiger partial charge in [0.15, 0.2) is 22.9 Å². The number of nitrogens with zero attached hydrogens (tertiary/aromatic N) is 5. The smallest absolute Gasteiger partial charge is 0.229 e. The summed E-state index contributed by atoms with van der Waals surface area (Å²) < 4.78 is 16.1. The number of imidazole rings is 1. The number of Topliss-reactive ketones (excluding diaryl/α,β-unsaturated/α-hetero) is 1. The van der Waals surface area contributed by atoms with Gasteiger partial charge < -0.3 is 10.3 Å². The molecule has 200 valence electrons. The molecule has 0 unspecified atom stereocenters. The Hall–Kier alpha value is -4.84. The summed E-state index contributed by atoms with van der Waals surface area (Å²) in [5.41, 5.74) is 2.88. The highest BCUT2D eigenvalue weighted by Crippen LogP contribution is 2.36. The van der Waals surface area contributed by atoms with Gasteiger partial charge in [-0.2, -0.15) is 5.10 Å². The van der Waals surface area contributed by atoms with Gasteiger partial charge in [0.25, 0.3) is 0 Å². The number of carbonyl (C=O) groups excluding carboxylic acids is 2. The van der Waals surface area contributed by atoms with Crippen molar-refractivity contribution in [1.82, 2.24) is 35.1 Å². The number of carbonyl (C=O) groups is 2. The number of ketones is 1. The number of halogens is 1. The van der Waals surface area contributed by atoms with Crippen molar-refractivity contribution in [3.63, 3.8) is 0 Å². The van der Waals surface area contributed by atoms with Crippen molar-refractivity contribution in [2.24, 2.45) is 5.41 Å². The number of anilines is 1. The normalized spacial score (nSPS) is 11.8. The maximum Gasteiger partial charge on any atom is 0.229 e. The van der Waals surface area contributed by atoms with E-state index >= 15 is 4.39 Å². The second-order valence-corrected chi connectivity index (χ2v) is 11.4. The third kappa shape index (κ3) is 4.41. The SMILES string of the molecule is CC(=O)c1ccc(-c2ccnc3nc(-c4[nH]nc5ncc(-c6cncc(NC(=O)C(C)(C)C)c6)c(F)c45)[nH]c23)s1. The van der Waals surface area contributed by atoms with E-state index in [1.54, 1.807) is 39.1 Å². The number of fused-ring (bicyclic) bond motifs is 2. The minimum absolute atomic E-state index is 0.00752. The van der Waals surface area contributed by atoms with Crippen LogP contribution in [-0.2, 0) is 4.79 Å². The molecule has 6 heterocycles. The van der Waals surface area contributed by atoms with E-state index in [-0.39, 0.29) is 28.3 Å². The summed E-state index contributed by atoms with van der Waals surface area (Å²) in [6.45, 7) is 6.94. The van der Waals surface area contributed by atoms with E-state index in [0.29, 0.717) is 38.8 Å².